The van der Waals surface area contributed by atoms with Crippen LogP contribution in [0.2, 0.25) is 0 Å². The van der Waals surface area contributed by atoms with Crippen molar-refractivity contribution in [3.05, 3.63) is 40.3 Å². The molecule has 2 heterocycles. The Labute approximate surface area is 195 Å². The molecular formula is C22H26N4O4S2. The maximum absolute atomic E-state index is 12.6. The maximum Gasteiger partial charge on any atom is 0.341 e. The molecule has 0 fully saturated rings. The molecule has 1 N–H and O–H groups in total. The molecule has 170 valence electrons. The molecule has 1 aromatic carbocycles. The van der Waals surface area contributed by atoms with E-state index in [2.05, 4.69) is 15.5 Å². The van der Waals surface area contributed by atoms with Gasteiger partial charge in [-0.3, -0.25) is 4.79 Å². The highest BCUT2D eigenvalue weighted by Gasteiger charge is 2.22. The SMILES string of the molecule is CCOC(=O)c1c(NC(=O)CSc2nnc(-c3ccc(OCC)cc3)n2C)sc(C)c1C. The molecule has 0 spiro atoms. The summed E-state index contributed by atoms with van der Waals surface area (Å²) in [7, 11) is 1.86. The van der Waals surface area contributed by atoms with Crippen LogP contribution in [0.3, 0.4) is 0 Å². The number of carbonyl (C=O) groups is 2. The minimum Gasteiger partial charge on any atom is -0.494 e. The number of thiophene rings is 1. The normalized spacial score (nSPS) is 10.8. The molecule has 3 aromatic rings. The second-order valence-electron chi connectivity index (χ2n) is 6.87. The van der Waals surface area contributed by atoms with Crippen molar-refractivity contribution in [3.8, 4) is 17.1 Å². The van der Waals surface area contributed by atoms with Gasteiger partial charge >= 0.3 is 5.97 Å². The largest absolute Gasteiger partial charge is 0.494 e. The van der Waals surface area contributed by atoms with Gasteiger partial charge in [0.1, 0.15) is 10.8 Å². The molecule has 2 aromatic heterocycles. The number of nitrogens with one attached hydrogen (secondary N) is 1. The predicted molar refractivity (Wildman–Crippen MR) is 127 cm³/mol. The van der Waals surface area contributed by atoms with Crippen LogP contribution in [0, 0.1) is 13.8 Å². The average molecular weight is 475 g/mol. The third kappa shape index (κ3) is 5.31. The monoisotopic (exact) mass is 474 g/mol. The van der Waals surface area contributed by atoms with Crippen molar-refractivity contribution in [2.75, 3.05) is 24.3 Å². The van der Waals surface area contributed by atoms with Crippen molar-refractivity contribution in [1.29, 1.82) is 0 Å². The number of carbonyl (C=O) groups excluding carboxylic acids is 2. The molecule has 8 nitrogen and oxygen atoms in total. The van der Waals surface area contributed by atoms with Crippen molar-refractivity contribution in [1.82, 2.24) is 14.8 Å². The Morgan fingerprint density at radius 3 is 2.50 bits per heavy atom. The lowest BCUT2D eigenvalue weighted by Crippen LogP contribution is -2.16. The molecule has 0 aliphatic heterocycles. The molecule has 3 rings (SSSR count). The lowest BCUT2D eigenvalue weighted by molar-refractivity contribution is -0.113. The van der Waals surface area contributed by atoms with Gasteiger partial charge in [0.05, 0.1) is 24.5 Å². The van der Waals surface area contributed by atoms with Gasteiger partial charge in [-0.2, -0.15) is 0 Å². The second kappa shape index (κ2) is 10.6. The topological polar surface area (TPSA) is 95.3 Å². The van der Waals surface area contributed by atoms with Crippen molar-refractivity contribution in [3.63, 3.8) is 0 Å². The third-order valence-electron chi connectivity index (χ3n) is 4.71. The van der Waals surface area contributed by atoms with Crippen LogP contribution in [0.5, 0.6) is 5.75 Å². The zero-order valence-corrected chi connectivity index (χ0v) is 20.4. The van der Waals surface area contributed by atoms with Crippen molar-refractivity contribution >= 4 is 40.0 Å². The number of anilines is 1. The van der Waals surface area contributed by atoms with Gasteiger partial charge < -0.3 is 19.4 Å². The summed E-state index contributed by atoms with van der Waals surface area (Å²) < 4.78 is 12.5. The first-order valence-corrected chi connectivity index (χ1v) is 12.0. The molecule has 0 saturated heterocycles. The van der Waals surface area contributed by atoms with E-state index in [0.29, 0.717) is 28.2 Å². The van der Waals surface area contributed by atoms with Gasteiger partial charge in [0.15, 0.2) is 11.0 Å². The van der Waals surface area contributed by atoms with Gasteiger partial charge in [0, 0.05) is 17.5 Å². The number of esters is 1. The van der Waals surface area contributed by atoms with E-state index in [0.717, 1.165) is 21.8 Å². The highest BCUT2D eigenvalue weighted by molar-refractivity contribution is 7.99. The first-order valence-electron chi connectivity index (χ1n) is 10.2. The van der Waals surface area contributed by atoms with Crippen LogP contribution in [-0.2, 0) is 16.6 Å². The quantitative estimate of drug-likeness (QED) is 0.361. The molecule has 0 atom stereocenters. The summed E-state index contributed by atoms with van der Waals surface area (Å²) in [6.07, 6.45) is 0. The Morgan fingerprint density at radius 2 is 1.84 bits per heavy atom. The Hall–Kier alpha value is -2.85. The van der Waals surface area contributed by atoms with Gasteiger partial charge in [-0.15, -0.1) is 21.5 Å². The highest BCUT2D eigenvalue weighted by atomic mass is 32.2. The number of thioether (sulfide) groups is 1. The van der Waals surface area contributed by atoms with E-state index >= 15 is 0 Å². The lowest BCUT2D eigenvalue weighted by atomic mass is 10.1. The highest BCUT2D eigenvalue weighted by Crippen LogP contribution is 2.33. The van der Waals surface area contributed by atoms with Gasteiger partial charge in [-0.1, -0.05) is 11.8 Å². The Kier molecular flexibility index (Phi) is 7.92. The van der Waals surface area contributed by atoms with Gasteiger partial charge in [0.2, 0.25) is 5.91 Å². The summed E-state index contributed by atoms with van der Waals surface area (Å²) in [4.78, 5) is 25.8. The smallest absolute Gasteiger partial charge is 0.341 e. The third-order valence-corrected chi connectivity index (χ3v) is 6.85. The molecule has 10 heteroatoms. The van der Waals surface area contributed by atoms with E-state index in [1.54, 1.807) is 6.92 Å². The predicted octanol–water partition coefficient (Wildman–Crippen LogP) is 4.47. The summed E-state index contributed by atoms with van der Waals surface area (Å²) in [6.45, 7) is 8.34. The van der Waals surface area contributed by atoms with Crippen molar-refractivity contribution in [2.24, 2.45) is 7.05 Å². The molecular weight excluding hydrogens is 448 g/mol. The lowest BCUT2D eigenvalue weighted by Gasteiger charge is -2.07. The van der Waals surface area contributed by atoms with E-state index in [1.165, 1.54) is 23.1 Å². The van der Waals surface area contributed by atoms with Crippen molar-refractivity contribution < 1.29 is 19.1 Å². The summed E-state index contributed by atoms with van der Waals surface area (Å²) in [5.41, 5.74) is 2.15. The molecule has 0 unspecified atom stereocenters. The summed E-state index contributed by atoms with van der Waals surface area (Å²) in [6, 6.07) is 7.63. The first-order chi connectivity index (χ1) is 15.3. The van der Waals surface area contributed by atoms with E-state index in [-0.39, 0.29) is 18.3 Å². The molecule has 32 heavy (non-hydrogen) atoms. The van der Waals surface area contributed by atoms with Gasteiger partial charge in [-0.05, 0) is 57.5 Å². The van der Waals surface area contributed by atoms with E-state index in [9.17, 15) is 9.59 Å². The minimum absolute atomic E-state index is 0.132. The number of nitrogens with zero attached hydrogens (tertiary/aromatic N) is 3. The van der Waals surface area contributed by atoms with E-state index in [4.69, 9.17) is 9.47 Å². The van der Waals surface area contributed by atoms with Crippen LogP contribution in [0.1, 0.15) is 34.6 Å². The fraction of sp³-hybridized carbons (Fsp3) is 0.364. The zero-order valence-electron chi connectivity index (χ0n) is 18.7. The van der Waals surface area contributed by atoms with Crippen LogP contribution in [0.4, 0.5) is 5.00 Å². The number of rotatable bonds is 9. The Bertz CT molecular complexity index is 1110. The van der Waals surface area contributed by atoms with Gasteiger partial charge in [0.25, 0.3) is 0 Å². The fourth-order valence-corrected chi connectivity index (χ4v) is 4.79. The van der Waals surface area contributed by atoms with Crippen LogP contribution >= 0.6 is 23.1 Å². The number of hydrogen-bond donors (Lipinski definition) is 1. The molecule has 0 radical (unpaired) electrons. The molecule has 0 aliphatic carbocycles. The molecule has 1 amide bonds. The van der Waals surface area contributed by atoms with E-state index < -0.39 is 5.97 Å². The Balaban J connectivity index is 1.66. The Morgan fingerprint density at radius 1 is 1.12 bits per heavy atom. The number of aromatic nitrogens is 3. The molecule has 0 aliphatic rings. The standard InChI is InChI=1S/C22H26N4O4S2/c1-6-29-16-10-8-15(9-11-16)19-24-25-22(26(19)5)31-12-17(27)23-20-18(21(28)30-7-2)13(3)14(4)32-20/h8-11H,6-7,12H2,1-5H3,(H,23,27). The number of amides is 1. The maximum atomic E-state index is 12.6. The number of hydrogen-bond acceptors (Lipinski definition) is 8. The number of ether oxygens (including phenoxy) is 2. The van der Waals surface area contributed by atoms with Crippen molar-refractivity contribution in [2.45, 2.75) is 32.9 Å². The average Bonchev–Trinajstić information content (AvgIpc) is 3.26. The van der Waals surface area contributed by atoms with Crippen LogP contribution in [-0.4, -0.2) is 45.6 Å². The van der Waals surface area contributed by atoms with Crippen LogP contribution < -0.4 is 10.1 Å². The summed E-state index contributed by atoms with van der Waals surface area (Å²) in [5.74, 6) is 0.974. The van der Waals surface area contributed by atoms with E-state index in [1.807, 2.05) is 56.7 Å². The zero-order chi connectivity index (χ0) is 23.3. The fourth-order valence-electron chi connectivity index (χ4n) is 3.02. The molecule has 0 bridgehead atoms. The first kappa shape index (κ1) is 23.8. The summed E-state index contributed by atoms with van der Waals surface area (Å²) in [5, 5.41) is 12.4. The number of aryl methyl sites for hydroxylation is 1. The second-order valence-corrected chi connectivity index (χ2v) is 9.03. The summed E-state index contributed by atoms with van der Waals surface area (Å²) >= 11 is 2.65. The molecule has 0 saturated carbocycles. The van der Waals surface area contributed by atoms with Crippen LogP contribution in [0.15, 0.2) is 29.4 Å². The minimum atomic E-state index is -0.425. The van der Waals surface area contributed by atoms with Crippen LogP contribution in [0.25, 0.3) is 11.4 Å². The number of benzene rings is 1. The van der Waals surface area contributed by atoms with Gasteiger partial charge in [-0.25, -0.2) is 4.79 Å².